The molecule has 0 aromatic rings. The van der Waals surface area contributed by atoms with Gasteiger partial charge in [0.05, 0.1) is 5.92 Å². The summed E-state index contributed by atoms with van der Waals surface area (Å²) in [6, 6.07) is 0. The average molecular weight is 275 g/mol. The van der Waals surface area contributed by atoms with E-state index >= 15 is 0 Å². The topological polar surface area (TPSA) is 57.6 Å². The van der Waals surface area contributed by atoms with E-state index < -0.39 is 23.7 Å². The number of amides is 1. The van der Waals surface area contributed by atoms with Crippen LogP contribution in [0.3, 0.4) is 0 Å². The van der Waals surface area contributed by atoms with E-state index in [1.807, 2.05) is 0 Å². The minimum atomic E-state index is -2.72. The monoisotopic (exact) mass is 275 g/mol. The quantitative estimate of drug-likeness (QED) is 0.840. The minimum Gasteiger partial charge on any atom is -0.481 e. The van der Waals surface area contributed by atoms with Crippen molar-refractivity contribution in [2.24, 2.45) is 11.8 Å². The summed E-state index contributed by atoms with van der Waals surface area (Å²) in [7, 11) is 0. The third kappa shape index (κ3) is 3.42. The van der Waals surface area contributed by atoms with Crippen LogP contribution in [0.15, 0.2) is 0 Å². The van der Waals surface area contributed by atoms with Gasteiger partial charge >= 0.3 is 5.97 Å². The van der Waals surface area contributed by atoms with Crippen molar-refractivity contribution in [1.82, 2.24) is 4.90 Å². The van der Waals surface area contributed by atoms with Crippen LogP contribution in [0.1, 0.15) is 38.5 Å². The number of carboxylic acids is 1. The van der Waals surface area contributed by atoms with Crippen LogP contribution in [0.25, 0.3) is 0 Å². The first-order valence-electron chi connectivity index (χ1n) is 6.78. The number of alkyl halides is 2. The van der Waals surface area contributed by atoms with Gasteiger partial charge < -0.3 is 10.0 Å². The molecule has 0 radical (unpaired) electrons. The summed E-state index contributed by atoms with van der Waals surface area (Å²) in [5.74, 6) is -4.78. The van der Waals surface area contributed by atoms with Crippen molar-refractivity contribution in [3.8, 4) is 0 Å². The second-order valence-electron chi connectivity index (χ2n) is 5.59. The Kier molecular flexibility index (Phi) is 4.06. The number of piperidine rings is 1. The first kappa shape index (κ1) is 14.2. The maximum absolute atomic E-state index is 13.3. The fraction of sp³-hybridized carbons (Fsp3) is 0.846. The first-order valence-corrected chi connectivity index (χ1v) is 6.78. The molecule has 1 atom stereocenters. The lowest BCUT2D eigenvalue weighted by atomic mass is 9.85. The molecule has 1 aliphatic heterocycles. The number of nitrogens with zero attached hydrogens (tertiary/aromatic N) is 1. The first-order chi connectivity index (χ1) is 8.89. The lowest BCUT2D eigenvalue weighted by Gasteiger charge is -2.35. The second kappa shape index (κ2) is 5.43. The van der Waals surface area contributed by atoms with Crippen molar-refractivity contribution in [2.45, 2.75) is 44.4 Å². The highest BCUT2D eigenvalue weighted by molar-refractivity contribution is 5.79. The summed E-state index contributed by atoms with van der Waals surface area (Å²) in [5.41, 5.74) is 0. The zero-order valence-corrected chi connectivity index (χ0v) is 10.8. The van der Waals surface area contributed by atoms with E-state index in [2.05, 4.69) is 0 Å². The number of hydrogen-bond donors (Lipinski definition) is 1. The molecule has 1 N–H and O–H groups in total. The highest BCUT2D eigenvalue weighted by atomic mass is 19.3. The Morgan fingerprint density at radius 2 is 1.74 bits per heavy atom. The van der Waals surface area contributed by atoms with Gasteiger partial charge in [0.15, 0.2) is 0 Å². The van der Waals surface area contributed by atoms with Crippen LogP contribution in [-0.2, 0) is 9.59 Å². The molecule has 1 heterocycles. The Hall–Kier alpha value is -1.20. The van der Waals surface area contributed by atoms with E-state index in [1.54, 1.807) is 4.90 Å². The Morgan fingerprint density at radius 3 is 2.26 bits per heavy atom. The van der Waals surface area contributed by atoms with Crippen molar-refractivity contribution >= 4 is 11.9 Å². The van der Waals surface area contributed by atoms with E-state index in [1.165, 1.54) is 0 Å². The van der Waals surface area contributed by atoms with Gasteiger partial charge in [0, 0.05) is 31.8 Å². The zero-order chi connectivity index (χ0) is 14.0. The number of rotatable bonds is 2. The molecule has 1 saturated carbocycles. The molecule has 19 heavy (non-hydrogen) atoms. The molecule has 2 rings (SSSR count). The van der Waals surface area contributed by atoms with Gasteiger partial charge in [-0.2, -0.15) is 0 Å². The molecule has 2 aliphatic rings. The van der Waals surface area contributed by atoms with Crippen LogP contribution < -0.4 is 0 Å². The fourth-order valence-corrected chi connectivity index (χ4v) is 2.99. The normalized spacial score (nSPS) is 28.1. The van der Waals surface area contributed by atoms with E-state index in [-0.39, 0.29) is 18.7 Å². The van der Waals surface area contributed by atoms with Crippen LogP contribution in [0.4, 0.5) is 8.78 Å². The van der Waals surface area contributed by atoms with Crippen LogP contribution in [0.5, 0.6) is 0 Å². The third-order valence-electron chi connectivity index (χ3n) is 4.15. The van der Waals surface area contributed by atoms with Gasteiger partial charge in [0.25, 0.3) is 0 Å². The van der Waals surface area contributed by atoms with Crippen LogP contribution in [0, 0.1) is 11.8 Å². The smallest absolute Gasteiger partial charge is 0.306 e. The predicted octanol–water partition coefficient (Wildman–Crippen LogP) is 2.14. The molecule has 4 nitrogen and oxygen atoms in total. The summed E-state index contributed by atoms with van der Waals surface area (Å²) < 4.78 is 26.6. The summed E-state index contributed by atoms with van der Waals surface area (Å²) >= 11 is 0. The van der Waals surface area contributed by atoms with Crippen molar-refractivity contribution < 1.29 is 23.5 Å². The summed E-state index contributed by atoms with van der Waals surface area (Å²) in [6.45, 7) is 0.746. The molecule has 0 spiro atoms. The minimum absolute atomic E-state index is 0.127. The summed E-state index contributed by atoms with van der Waals surface area (Å²) in [6.07, 6.45) is 1.26. The number of aliphatic carboxylic acids is 1. The highest BCUT2D eigenvalue weighted by Gasteiger charge is 2.41. The van der Waals surface area contributed by atoms with Gasteiger partial charge in [-0.1, -0.05) is 0 Å². The van der Waals surface area contributed by atoms with Gasteiger partial charge in [-0.05, 0) is 25.7 Å². The molecular weight excluding hydrogens is 256 g/mol. The van der Waals surface area contributed by atoms with E-state index in [0.717, 1.165) is 0 Å². The lowest BCUT2D eigenvalue weighted by molar-refractivity contribution is -0.149. The number of carboxylic acid groups (broad SMARTS) is 1. The van der Waals surface area contributed by atoms with Gasteiger partial charge in [-0.3, -0.25) is 9.59 Å². The highest BCUT2D eigenvalue weighted by Crippen LogP contribution is 2.37. The molecule has 1 aliphatic carbocycles. The van der Waals surface area contributed by atoms with Crippen LogP contribution in [-0.4, -0.2) is 40.9 Å². The maximum Gasteiger partial charge on any atom is 0.306 e. The van der Waals surface area contributed by atoms with Crippen molar-refractivity contribution in [1.29, 1.82) is 0 Å². The van der Waals surface area contributed by atoms with Crippen molar-refractivity contribution in [2.75, 3.05) is 13.1 Å². The SMILES string of the molecule is O=C(O)C1CCN(C(=O)C2CCCC(F)(F)C2)CC1. The van der Waals surface area contributed by atoms with Crippen molar-refractivity contribution in [3.63, 3.8) is 0 Å². The van der Waals surface area contributed by atoms with E-state index in [0.29, 0.717) is 38.8 Å². The Balaban J connectivity index is 1.89. The zero-order valence-electron chi connectivity index (χ0n) is 10.8. The number of halogens is 2. The molecule has 108 valence electrons. The standard InChI is InChI=1S/C13H19F2NO3/c14-13(15)5-1-2-10(8-13)11(17)16-6-3-9(4-7-16)12(18)19/h9-10H,1-8H2,(H,18,19). The molecular formula is C13H19F2NO3. The van der Waals surface area contributed by atoms with Crippen LogP contribution >= 0.6 is 0 Å². The average Bonchev–Trinajstić information content (AvgIpc) is 2.37. The fourth-order valence-electron chi connectivity index (χ4n) is 2.99. The number of likely N-dealkylation sites (tertiary alicyclic amines) is 1. The number of carbonyl (C=O) groups is 2. The van der Waals surface area contributed by atoms with E-state index in [4.69, 9.17) is 5.11 Å². The lowest BCUT2D eigenvalue weighted by Crippen LogP contribution is -2.45. The summed E-state index contributed by atoms with van der Waals surface area (Å²) in [5, 5.41) is 8.88. The summed E-state index contributed by atoms with van der Waals surface area (Å²) in [4.78, 5) is 24.5. The Labute approximate surface area is 110 Å². The molecule has 2 fully saturated rings. The van der Waals surface area contributed by atoms with Gasteiger partial charge in [-0.25, -0.2) is 8.78 Å². The Morgan fingerprint density at radius 1 is 1.11 bits per heavy atom. The largest absolute Gasteiger partial charge is 0.481 e. The predicted molar refractivity (Wildman–Crippen MR) is 63.8 cm³/mol. The number of carbonyl (C=O) groups excluding carboxylic acids is 1. The molecule has 1 saturated heterocycles. The third-order valence-corrected chi connectivity index (χ3v) is 4.15. The van der Waals surface area contributed by atoms with Crippen LogP contribution in [0.2, 0.25) is 0 Å². The second-order valence-corrected chi connectivity index (χ2v) is 5.59. The molecule has 1 unspecified atom stereocenters. The van der Waals surface area contributed by atoms with Gasteiger partial charge in [-0.15, -0.1) is 0 Å². The van der Waals surface area contributed by atoms with Gasteiger partial charge in [0.2, 0.25) is 11.8 Å². The molecule has 0 bridgehead atoms. The molecule has 0 aromatic carbocycles. The number of hydrogen-bond acceptors (Lipinski definition) is 2. The molecule has 6 heteroatoms. The van der Waals surface area contributed by atoms with Crippen molar-refractivity contribution in [3.05, 3.63) is 0 Å². The molecule has 0 aromatic heterocycles. The van der Waals surface area contributed by atoms with Gasteiger partial charge in [0.1, 0.15) is 0 Å². The van der Waals surface area contributed by atoms with E-state index in [9.17, 15) is 18.4 Å². The maximum atomic E-state index is 13.3. The Bertz CT molecular complexity index is 365. The molecule has 1 amide bonds.